The molecule has 0 heterocycles. The maximum absolute atomic E-state index is 12.9. The zero-order chi connectivity index (χ0) is 51.3. The van der Waals surface area contributed by atoms with Crippen LogP contribution in [0.2, 0.25) is 0 Å². The Kier molecular flexibility index (Phi) is 49.1. The molecule has 0 fully saturated rings. The third kappa shape index (κ3) is 49.4. The molecule has 3 unspecified atom stereocenters. The normalized spacial score (nSPS) is 14.2. The average Bonchev–Trinajstić information content (AvgIpc) is 3.35. The van der Waals surface area contributed by atoms with Gasteiger partial charge in [-0.05, 0) is 83.5 Å². The van der Waals surface area contributed by atoms with Gasteiger partial charge in [-0.3, -0.25) is 23.4 Å². The lowest BCUT2D eigenvalue weighted by molar-refractivity contribution is -0.161. The number of esters is 3. The average molecular weight is 1000 g/mol. The van der Waals surface area contributed by atoms with E-state index >= 15 is 0 Å². The van der Waals surface area contributed by atoms with E-state index in [1.165, 1.54) is 57.8 Å². The monoisotopic (exact) mass is 1000 g/mol. The zero-order valence-electron chi connectivity index (χ0n) is 43.9. The van der Waals surface area contributed by atoms with Crippen LogP contribution in [0.4, 0.5) is 0 Å². The predicted molar refractivity (Wildman–Crippen MR) is 288 cm³/mol. The summed E-state index contributed by atoms with van der Waals surface area (Å²) < 4.78 is 39.3. The number of carbonyl (C=O) groups excluding carboxylic acids is 3. The topological polar surface area (TPSA) is 155 Å². The first-order chi connectivity index (χ1) is 34.2. The fraction of sp³-hybridized carbons (Fsp3) is 0.672. The van der Waals surface area contributed by atoms with Gasteiger partial charge in [0.25, 0.3) is 0 Å². The summed E-state index contributed by atoms with van der Waals surface area (Å²) in [5, 5.41) is 9.77. The highest BCUT2D eigenvalue weighted by atomic mass is 31.2. The molecular weight excluding hydrogens is 904 g/mol. The quantitative estimate of drug-likeness (QED) is 0.0197. The molecule has 11 nitrogen and oxygen atoms in total. The molecule has 0 aromatic heterocycles. The number of unbranched alkanes of at least 4 members (excludes halogenated alkanes) is 16. The summed E-state index contributed by atoms with van der Waals surface area (Å²) in [4.78, 5) is 48.4. The van der Waals surface area contributed by atoms with Crippen LogP contribution in [-0.4, -0.2) is 66.5 Å². The number of carbonyl (C=O) groups is 3. The van der Waals surface area contributed by atoms with Crippen LogP contribution < -0.4 is 0 Å². The number of rotatable bonds is 49. The number of ether oxygens (including phenoxy) is 3. The molecule has 0 aliphatic carbocycles. The minimum Gasteiger partial charge on any atom is -0.462 e. The molecule has 0 aliphatic rings. The van der Waals surface area contributed by atoms with Crippen LogP contribution in [0.25, 0.3) is 0 Å². The Labute approximate surface area is 425 Å². The highest BCUT2D eigenvalue weighted by Crippen LogP contribution is 2.43. The first-order valence-electron chi connectivity index (χ1n) is 27.1. The van der Waals surface area contributed by atoms with Crippen molar-refractivity contribution in [2.75, 3.05) is 26.4 Å². The standard InChI is InChI=1S/C58H97O11P/c1-4-7-10-13-16-19-22-25-26-27-28-31-34-37-40-43-46-49-58(62)69-55(51-65-56(60)47-44-41-38-35-32-29-23-20-17-14-11-8-5-2)53-67-70(63,64)66-52-54(50-59)68-57(61)48-45-42-39-36-33-30-24-21-18-15-12-9-6-3/h7,9-10,12,16,18-19,21,25-26,28,30-31,33,39,42,54-55,59H,4-6,8,11,13-15,17,20,22-24,27,29,32,34-38,40-41,43-53H2,1-3H3,(H,63,64)/b10-7-,12-9-,19-16-,21-18-,26-25-,31-28-,33-30-,42-39-. The maximum Gasteiger partial charge on any atom is 0.472 e. The van der Waals surface area contributed by atoms with E-state index in [1.54, 1.807) is 0 Å². The minimum atomic E-state index is -4.77. The van der Waals surface area contributed by atoms with E-state index < -0.39 is 57.8 Å². The van der Waals surface area contributed by atoms with E-state index in [-0.39, 0.29) is 25.9 Å². The van der Waals surface area contributed by atoms with Crippen LogP contribution in [0.15, 0.2) is 97.2 Å². The van der Waals surface area contributed by atoms with Crippen molar-refractivity contribution >= 4 is 25.7 Å². The van der Waals surface area contributed by atoms with Crippen LogP contribution in [0, 0.1) is 0 Å². The van der Waals surface area contributed by atoms with Crippen molar-refractivity contribution in [3.63, 3.8) is 0 Å². The number of phosphoric ester groups is 1. The number of phosphoric acid groups is 1. The fourth-order valence-corrected chi connectivity index (χ4v) is 7.73. The summed E-state index contributed by atoms with van der Waals surface area (Å²) in [6, 6.07) is 0. The molecule has 0 aromatic carbocycles. The second-order valence-electron chi connectivity index (χ2n) is 17.6. The molecule has 0 bridgehead atoms. The summed E-state index contributed by atoms with van der Waals surface area (Å²) in [7, 11) is -4.77. The van der Waals surface area contributed by atoms with Crippen molar-refractivity contribution in [1.29, 1.82) is 0 Å². The van der Waals surface area contributed by atoms with Crippen LogP contribution in [0.1, 0.15) is 213 Å². The Balaban J connectivity index is 4.85. The molecule has 0 saturated heterocycles. The molecular formula is C58H97O11P. The van der Waals surface area contributed by atoms with Crippen molar-refractivity contribution in [2.24, 2.45) is 0 Å². The van der Waals surface area contributed by atoms with Crippen molar-refractivity contribution < 1.29 is 52.2 Å². The lowest BCUT2D eigenvalue weighted by atomic mass is 10.0. The van der Waals surface area contributed by atoms with Gasteiger partial charge in [0.15, 0.2) is 6.10 Å². The molecule has 2 N–H and O–H groups in total. The lowest BCUT2D eigenvalue weighted by Crippen LogP contribution is -2.30. The van der Waals surface area contributed by atoms with Crippen molar-refractivity contribution in [2.45, 2.75) is 226 Å². The minimum absolute atomic E-state index is 0.0508. The second-order valence-corrected chi connectivity index (χ2v) is 19.1. The Morgan fingerprint density at radius 3 is 1.23 bits per heavy atom. The number of hydrogen-bond donors (Lipinski definition) is 2. The molecule has 0 aliphatic heterocycles. The third-order valence-electron chi connectivity index (χ3n) is 11.0. The highest BCUT2D eigenvalue weighted by molar-refractivity contribution is 7.47. The predicted octanol–water partition coefficient (Wildman–Crippen LogP) is 15.7. The Hall–Kier alpha value is -3.60. The van der Waals surface area contributed by atoms with Crippen LogP contribution in [-0.2, 0) is 42.2 Å². The first-order valence-corrected chi connectivity index (χ1v) is 28.6. The van der Waals surface area contributed by atoms with Crippen LogP contribution >= 0.6 is 7.82 Å². The van der Waals surface area contributed by atoms with Gasteiger partial charge in [0.2, 0.25) is 0 Å². The van der Waals surface area contributed by atoms with Gasteiger partial charge in [0.05, 0.1) is 19.8 Å². The van der Waals surface area contributed by atoms with E-state index in [0.29, 0.717) is 19.3 Å². The van der Waals surface area contributed by atoms with Gasteiger partial charge in [-0.1, -0.05) is 208 Å². The van der Waals surface area contributed by atoms with Gasteiger partial charge in [-0.15, -0.1) is 0 Å². The number of allylic oxidation sites excluding steroid dienone is 16. The van der Waals surface area contributed by atoms with Crippen molar-refractivity contribution in [3.05, 3.63) is 97.2 Å². The molecule has 0 amide bonds. The molecule has 0 rings (SSSR count). The summed E-state index contributed by atoms with van der Waals surface area (Å²) in [6.07, 6.45) is 59.6. The molecule has 3 atom stereocenters. The van der Waals surface area contributed by atoms with Gasteiger partial charge >= 0.3 is 25.7 Å². The lowest BCUT2D eigenvalue weighted by Gasteiger charge is -2.21. The summed E-state index contributed by atoms with van der Waals surface area (Å²) in [5.74, 6) is -1.58. The zero-order valence-corrected chi connectivity index (χ0v) is 44.8. The van der Waals surface area contributed by atoms with Gasteiger partial charge in [-0.25, -0.2) is 4.57 Å². The number of aliphatic hydroxyl groups is 1. The molecule has 0 spiro atoms. The number of aliphatic hydroxyl groups excluding tert-OH is 1. The molecule has 400 valence electrons. The number of hydrogen-bond acceptors (Lipinski definition) is 10. The third-order valence-corrected chi connectivity index (χ3v) is 12.0. The Morgan fingerprint density at radius 1 is 0.414 bits per heavy atom. The second kappa shape index (κ2) is 51.7. The molecule has 70 heavy (non-hydrogen) atoms. The van der Waals surface area contributed by atoms with Crippen molar-refractivity contribution in [3.8, 4) is 0 Å². The Bertz CT molecular complexity index is 1540. The van der Waals surface area contributed by atoms with Crippen molar-refractivity contribution in [1.82, 2.24) is 0 Å². The van der Waals surface area contributed by atoms with Gasteiger partial charge in [0, 0.05) is 19.3 Å². The van der Waals surface area contributed by atoms with Gasteiger partial charge in [0.1, 0.15) is 12.7 Å². The smallest absolute Gasteiger partial charge is 0.462 e. The molecule has 0 radical (unpaired) electrons. The molecule has 0 saturated carbocycles. The highest BCUT2D eigenvalue weighted by Gasteiger charge is 2.28. The maximum atomic E-state index is 12.9. The van der Waals surface area contributed by atoms with Crippen LogP contribution in [0.3, 0.4) is 0 Å². The Morgan fingerprint density at radius 2 is 0.771 bits per heavy atom. The van der Waals surface area contributed by atoms with E-state index in [1.807, 2.05) is 18.2 Å². The summed E-state index contributed by atoms with van der Waals surface area (Å²) in [6.45, 7) is 4.29. The molecule has 12 heteroatoms. The van der Waals surface area contributed by atoms with Crippen LogP contribution in [0.5, 0.6) is 0 Å². The summed E-state index contributed by atoms with van der Waals surface area (Å²) >= 11 is 0. The van der Waals surface area contributed by atoms with E-state index in [0.717, 1.165) is 96.3 Å². The largest absolute Gasteiger partial charge is 0.472 e. The molecule has 0 aromatic rings. The van der Waals surface area contributed by atoms with Gasteiger partial charge in [-0.2, -0.15) is 0 Å². The first kappa shape index (κ1) is 66.4. The van der Waals surface area contributed by atoms with E-state index in [9.17, 15) is 28.9 Å². The summed E-state index contributed by atoms with van der Waals surface area (Å²) in [5.41, 5.74) is 0. The van der Waals surface area contributed by atoms with Gasteiger partial charge < -0.3 is 24.2 Å². The SMILES string of the molecule is CC/C=C\C/C=C\C/C=C\C/C=C\CCCCCCC(=O)OC(COC(=O)CCCCCCCCCCCCCCC)COP(=O)(O)OCC(CO)OC(=O)CC/C=C\C/C=C\C/C=C\C/C=C\CC. The van der Waals surface area contributed by atoms with E-state index in [4.69, 9.17) is 23.3 Å². The van der Waals surface area contributed by atoms with E-state index in [2.05, 4.69) is 99.8 Å². The fourth-order valence-electron chi connectivity index (χ4n) is 6.95.